The Morgan fingerprint density at radius 1 is 1.44 bits per heavy atom. The average molecular weight is 241 g/mol. The van der Waals surface area contributed by atoms with Crippen molar-refractivity contribution in [2.45, 2.75) is 4.90 Å². The van der Waals surface area contributed by atoms with E-state index in [1.807, 2.05) is 0 Å². The van der Waals surface area contributed by atoms with Crippen molar-refractivity contribution >= 4 is 16.8 Å². The van der Waals surface area contributed by atoms with Gasteiger partial charge in [-0.2, -0.15) is 10.2 Å². The molecule has 0 aliphatic heterocycles. The van der Waals surface area contributed by atoms with Gasteiger partial charge in [-0.3, -0.25) is 4.21 Å². The third kappa shape index (κ3) is 3.92. The number of hydrogen-bond donors (Lipinski definition) is 0. The minimum atomic E-state index is -2.26. The van der Waals surface area contributed by atoms with Crippen molar-refractivity contribution < 1.29 is 13.5 Å². The van der Waals surface area contributed by atoms with Crippen LogP contribution in [0.5, 0.6) is 5.75 Å². The first-order valence-electron chi connectivity index (χ1n) is 4.26. The lowest BCUT2D eigenvalue weighted by Crippen LogP contribution is -1.90. The van der Waals surface area contributed by atoms with Gasteiger partial charge in [0.15, 0.2) is 0 Å². The Hall–Kier alpha value is -1.53. The van der Waals surface area contributed by atoms with Crippen molar-refractivity contribution in [1.82, 2.24) is 0 Å². The van der Waals surface area contributed by atoms with E-state index < -0.39 is 11.1 Å². The molecule has 0 saturated carbocycles. The van der Waals surface area contributed by atoms with E-state index in [2.05, 4.69) is 23.4 Å². The lowest BCUT2D eigenvalue weighted by Gasteiger charge is -2.08. The van der Waals surface area contributed by atoms with Crippen LogP contribution in [0.25, 0.3) is 0 Å². The Morgan fingerprint density at radius 2 is 2.06 bits per heavy atom. The van der Waals surface area contributed by atoms with E-state index in [1.54, 1.807) is 0 Å². The Morgan fingerprint density at radius 3 is 2.50 bits per heavy atom. The van der Waals surface area contributed by atoms with Crippen LogP contribution in [0, 0.1) is 0 Å². The SMILES string of the molecule is C=C.CN=Nc1cc(S(=O)[O-])ccc1OC. The van der Waals surface area contributed by atoms with Gasteiger partial charge in [0.25, 0.3) is 0 Å². The van der Waals surface area contributed by atoms with Gasteiger partial charge in [0, 0.05) is 11.9 Å². The van der Waals surface area contributed by atoms with Gasteiger partial charge in [-0.1, -0.05) is 0 Å². The molecule has 88 valence electrons. The number of benzene rings is 1. The van der Waals surface area contributed by atoms with E-state index in [9.17, 15) is 8.76 Å². The molecule has 16 heavy (non-hydrogen) atoms. The Kier molecular flexibility index (Phi) is 6.98. The van der Waals surface area contributed by atoms with Gasteiger partial charge in [0.05, 0.1) is 7.11 Å². The minimum absolute atomic E-state index is 0.160. The molecule has 6 heteroatoms. The molecule has 1 aromatic carbocycles. The van der Waals surface area contributed by atoms with Gasteiger partial charge < -0.3 is 9.29 Å². The standard InChI is InChI=1S/C8H10N2O3S.C2H4/c1-9-10-7-5-6(14(11)12)3-4-8(7)13-2;1-2/h3-5H,1-2H3,(H,11,12);1-2H2/p-1. The molecule has 0 aliphatic carbocycles. The highest BCUT2D eigenvalue weighted by Crippen LogP contribution is 2.29. The van der Waals surface area contributed by atoms with Gasteiger partial charge >= 0.3 is 0 Å². The van der Waals surface area contributed by atoms with E-state index in [0.717, 1.165) is 0 Å². The maximum Gasteiger partial charge on any atom is 0.146 e. The molecule has 0 bridgehead atoms. The van der Waals surface area contributed by atoms with Crippen molar-refractivity contribution in [2.24, 2.45) is 10.2 Å². The molecule has 1 rings (SSSR count). The summed E-state index contributed by atoms with van der Waals surface area (Å²) in [6.45, 7) is 6.00. The van der Waals surface area contributed by atoms with Crippen LogP contribution in [0.2, 0.25) is 0 Å². The second-order valence-electron chi connectivity index (χ2n) is 2.37. The molecule has 1 unspecified atom stereocenters. The largest absolute Gasteiger partial charge is 0.768 e. The van der Waals surface area contributed by atoms with Gasteiger partial charge in [-0.05, 0) is 29.3 Å². The number of hydrogen-bond acceptors (Lipinski definition) is 5. The van der Waals surface area contributed by atoms with Crippen LogP contribution in [0.15, 0.2) is 46.5 Å². The Balaban J connectivity index is 0.00000106. The summed E-state index contributed by atoms with van der Waals surface area (Å²) in [7, 11) is 2.98. The quantitative estimate of drug-likeness (QED) is 0.463. The second-order valence-corrected chi connectivity index (χ2v) is 3.31. The van der Waals surface area contributed by atoms with Crippen LogP contribution in [0.3, 0.4) is 0 Å². The van der Waals surface area contributed by atoms with Gasteiger partial charge in [0.2, 0.25) is 0 Å². The van der Waals surface area contributed by atoms with E-state index >= 15 is 0 Å². The van der Waals surface area contributed by atoms with Crippen LogP contribution in [0.4, 0.5) is 5.69 Å². The Bertz CT molecular complexity index is 394. The summed E-state index contributed by atoms with van der Waals surface area (Å²) in [4.78, 5) is 0.160. The zero-order chi connectivity index (χ0) is 12.6. The summed E-state index contributed by atoms with van der Waals surface area (Å²) >= 11 is -2.26. The van der Waals surface area contributed by atoms with Crippen molar-refractivity contribution in [2.75, 3.05) is 14.2 Å². The second kappa shape index (κ2) is 7.72. The number of nitrogens with zero attached hydrogens (tertiary/aromatic N) is 2. The first-order valence-corrected chi connectivity index (χ1v) is 5.33. The zero-order valence-electron chi connectivity index (χ0n) is 9.17. The van der Waals surface area contributed by atoms with E-state index in [-0.39, 0.29) is 4.90 Å². The smallest absolute Gasteiger partial charge is 0.146 e. The van der Waals surface area contributed by atoms with Gasteiger partial charge in [-0.15, -0.1) is 13.2 Å². The normalized spacial score (nSPS) is 11.7. The first kappa shape index (κ1) is 14.5. The average Bonchev–Trinajstić information content (AvgIpc) is 2.32. The molecular formula is C10H13N2O3S-. The predicted octanol–water partition coefficient (Wildman–Crippen LogP) is 2.45. The van der Waals surface area contributed by atoms with Crippen LogP contribution >= 0.6 is 0 Å². The third-order valence-electron chi connectivity index (χ3n) is 1.55. The molecule has 0 radical (unpaired) electrons. The topological polar surface area (TPSA) is 74.1 Å². The van der Waals surface area contributed by atoms with E-state index in [0.29, 0.717) is 11.4 Å². The van der Waals surface area contributed by atoms with Crippen molar-refractivity contribution in [3.63, 3.8) is 0 Å². The monoisotopic (exact) mass is 241 g/mol. The fourth-order valence-corrected chi connectivity index (χ4v) is 1.35. The fourth-order valence-electron chi connectivity index (χ4n) is 0.959. The molecule has 0 spiro atoms. The number of ether oxygens (including phenoxy) is 1. The number of rotatable bonds is 3. The van der Waals surface area contributed by atoms with Crippen LogP contribution < -0.4 is 4.74 Å². The van der Waals surface area contributed by atoms with E-state index in [1.165, 1.54) is 32.4 Å². The molecule has 0 N–H and O–H groups in total. The minimum Gasteiger partial charge on any atom is -0.768 e. The van der Waals surface area contributed by atoms with Gasteiger partial charge in [0.1, 0.15) is 11.4 Å². The molecule has 0 amide bonds. The summed E-state index contributed by atoms with van der Waals surface area (Å²) in [5.41, 5.74) is 0.400. The van der Waals surface area contributed by atoms with Crippen LogP contribution in [-0.2, 0) is 11.1 Å². The molecule has 1 aromatic rings. The van der Waals surface area contributed by atoms with Crippen LogP contribution in [-0.4, -0.2) is 22.9 Å². The van der Waals surface area contributed by atoms with Crippen molar-refractivity contribution in [3.05, 3.63) is 31.4 Å². The summed E-state index contributed by atoms with van der Waals surface area (Å²) in [6, 6.07) is 4.38. The fraction of sp³-hybridized carbons (Fsp3) is 0.200. The maximum absolute atomic E-state index is 10.6. The lowest BCUT2D eigenvalue weighted by molar-refractivity contribution is 0.415. The highest BCUT2D eigenvalue weighted by molar-refractivity contribution is 7.79. The Labute approximate surface area is 97.1 Å². The third-order valence-corrected chi connectivity index (χ3v) is 2.19. The zero-order valence-corrected chi connectivity index (χ0v) is 9.99. The number of methoxy groups -OCH3 is 1. The lowest BCUT2D eigenvalue weighted by atomic mass is 10.3. The summed E-state index contributed by atoms with van der Waals surface area (Å²) in [5.74, 6) is 0.491. The highest BCUT2D eigenvalue weighted by atomic mass is 32.2. The predicted molar refractivity (Wildman–Crippen MR) is 61.9 cm³/mol. The summed E-state index contributed by atoms with van der Waals surface area (Å²) < 4.78 is 26.3. The number of azo groups is 1. The van der Waals surface area contributed by atoms with Crippen molar-refractivity contribution in [1.29, 1.82) is 0 Å². The van der Waals surface area contributed by atoms with E-state index in [4.69, 9.17) is 4.74 Å². The van der Waals surface area contributed by atoms with Crippen molar-refractivity contribution in [3.8, 4) is 5.75 Å². The van der Waals surface area contributed by atoms with Gasteiger partial charge in [-0.25, -0.2) is 0 Å². The van der Waals surface area contributed by atoms with Crippen LogP contribution in [0.1, 0.15) is 0 Å². The molecule has 0 fully saturated rings. The molecule has 0 saturated heterocycles. The molecule has 1 atom stereocenters. The summed E-state index contributed by atoms with van der Waals surface area (Å²) in [6.07, 6.45) is 0. The maximum atomic E-state index is 10.6. The summed E-state index contributed by atoms with van der Waals surface area (Å²) in [5, 5.41) is 7.31. The molecule has 0 aromatic heterocycles. The molecule has 0 aliphatic rings. The molecular weight excluding hydrogens is 228 g/mol. The highest BCUT2D eigenvalue weighted by Gasteiger charge is 2.03. The molecule has 0 heterocycles. The molecule has 5 nitrogen and oxygen atoms in total. The first-order chi connectivity index (χ1) is 7.69.